The summed E-state index contributed by atoms with van der Waals surface area (Å²) in [6.07, 6.45) is 0. The van der Waals surface area contributed by atoms with Crippen molar-refractivity contribution in [2.75, 3.05) is 6.61 Å². The highest BCUT2D eigenvalue weighted by Crippen LogP contribution is 2.22. The number of benzene rings is 1. The number of carbonyl (C=O) groups excluding carboxylic acids is 3. The molecule has 2 amide bonds. The number of nitrogens with one attached hydrogen (secondary N) is 1. The molecule has 1 N–H and O–H groups in total. The molecule has 5 heteroatoms. The van der Waals surface area contributed by atoms with Crippen molar-refractivity contribution in [3.8, 4) is 0 Å². The first-order valence-corrected chi connectivity index (χ1v) is 6.88. The second-order valence-corrected chi connectivity index (χ2v) is 6.06. The second kappa shape index (κ2) is 7.02. The molecule has 0 aromatic heterocycles. The van der Waals surface area contributed by atoms with Gasteiger partial charge in [-0.2, -0.15) is 0 Å². The van der Waals surface area contributed by atoms with Crippen molar-refractivity contribution >= 4 is 17.8 Å². The molecule has 0 aliphatic carbocycles. The number of amides is 2. The van der Waals surface area contributed by atoms with E-state index < -0.39 is 24.4 Å². The molecule has 0 fully saturated rings. The maximum atomic E-state index is 11.9. The van der Waals surface area contributed by atoms with Crippen LogP contribution in [0.1, 0.15) is 43.6 Å². The third kappa shape index (κ3) is 5.16. The van der Waals surface area contributed by atoms with Gasteiger partial charge >= 0.3 is 5.97 Å². The summed E-state index contributed by atoms with van der Waals surface area (Å²) in [6, 6.07) is 7.01. The van der Waals surface area contributed by atoms with Crippen LogP contribution in [-0.4, -0.2) is 24.4 Å². The fourth-order valence-electron chi connectivity index (χ4n) is 1.61. The summed E-state index contributed by atoms with van der Waals surface area (Å²) in [7, 11) is 0. The molecule has 0 heterocycles. The molecule has 22 heavy (non-hydrogen) atoms. The van der Waals surface area contributed by atoms with E-state index in [2.05, 4.69) is 37.4 Å². The van der Waals surface area contributed by atoms with E-state index in [-0.39, 0.29) is 11.0 Å². The number of esters is 1. The van der Waals surface area contributed by atoms with Crippen LogP contribution in [0.2, 0.25) is 0 Å². The highest BCUT2D eigenvalue weighted by Gasteiger charge is 2.16. The monoisotopic (exact) mass is 303 g/mol. The summed E-state index contributed by atoms with van der Waals surface area (Å²) in [4.78, 5) is 34.6. The first-order valence-electron chi connectivity index (χ1n) is 6.88. The maximum absolute atomic E-state index is 11.9. The Bertz CT molecular complexity index is 594. The Morgan fingerprint density at radius 3 is 2.14 bits per heavy atom. The molecule has 118 valence electrons. The summed E-state index contributed by atoms with van der Waals surface area (Å²) in [5, 5.41) is 2.16. The molecule has 1 aromatic carbocycles. The Morgan fingerprint density at radius 2 is 1.68 bits per heavy atom. The fourth-order valence-corrected chi connectivity index (χ4v) is 1.61. The number of carbonyl (C=O) groups is 3. The average Bonchev–Trinajstić information content (AvgIpc) is 2.43. The lowest BCUT2D eigenvalue weighted by molar-refractivity contribution is -0.144. The lowest BCUT2D eigenvalue weighted by atomic mass is 9.87. The smallest absolute Gasteiger partial charge is 0.333 e. The molecule has 0 aliphatic rings. The van der Waals surface area contributed by atoms with Gasteiger partial charge in [-0.15, -0.1) is 0 Å². The van der Waals surface area contributed by atoms with Gasteiger partial charge in [0.2, 0.25) is 0 Å². The number of hydrogen-bond donors (Lipinski definition) is 1. The quantitative estimate of drug-likeness (QED) is 0.684. The van der Waals surface area contributed by atoms with Gasteiger partial charge in [-0.3, -0.25) is 14.9 Å². The lowest BCUT2D eigenvalue weighted by Crippen LogP contribution is -2.34. The molecule has 1 rings (SSSR count). The topological polar surface area (TPSA) is 72.5 Å². The molecule has 5 nitrogen and oxygen atoms in total. The normalized spacial score (nSPS) is 10.7. The van der Waals surface area contributed by atoms with E-state index >= 15 is 0 Å². The van der Waals surface area contributed by atoms with Crippen molar-refractivity contribution in [1.82, 2.24) is 5.32 Å². The van der Waals surface area contributed by atoms with Gasteiger partial charge in [0, 0.05) is 11.1 Å². The van der Waals surface area contributed by atoms with Crippen molar-refractivity contribution in [2.45, 2.75) is 33.1 Å². The summed E-state index contributed by atoms with van der Waals surface area (Å²) in [5.41, 5.74) is 1.64. The molecular weight excluding hydrogens is 282 g/mol. The van der Waals surface area contributed by atoms with Crippen LogP contribution >= 0.6 is 0 Å². The predicted octanol–water partition coefficient (Wildman–Crippen LogP) is 2.36. The van der Waals surface area contributed by atoms with Crippen LogP contribution < -0.4 is 5.32 Å². The minimum absolute atomic E-state index is 0.0123. The number of hydrogen-bond acceptors (Lipinski definition) is 4. The van der Waals surface area contributed by atoms with Crippen molar-refractivity contribution in [3.05, 3.63) is 47.5 Å². The van der Waals surface area contributed by atoms with Crippen LogP contribution in [0.25, 0.3) is 0 Å². The van der Waals surface area contributed by atoms with Crippen molar-refractivity contribution in [1.29, 1.82) is 0 Å². The zero-order chi connectivity index (χ0) is 16.9. The van der Waals surface area contributed by atoms with E-state index in [4.69, 9.17) is 0 Å². The zero-order valence-corrected chi connectivity index (χ0v) is 13.4. The van der Waals surface area contributed by atoms with E-state index in [0.717, 1.165) is 5.56 Å². The largest absolute Gasteiger partial charge is 0.452 e. The van der Waals surface area contributed by atoms with Crippen molar-refractivity contribution < 1.29 is 19.1 Å². The van der Waals surface area contributed by atoms with E-state index in [9.17, 15) is 14.4 Å². The van der Waals surface area contributed by atoms with E-state index in [1.807, 2.05) is 12.1 Å². The van der Waals surface area contributed by atoms with Gasteiger partial charge in [0.15, 0.2) is 6.61 Å². The van der Waals surface area contributed by atoms with Gasteiger partial charge in [0.25, 0.3) is 11.8 Å². The molecule has 0 spiro atoms. The summed E-state index contributed by atoms with van der Waals surface area (Å²) >= 11 is 0. The van der Waals surface area contributed by atoms with Gasteiger partial charge in [0.05, 0.1) is 0 Å². The molecular formula is C17H21NO4. The third-order valence-corrected chi connectivity index (χ3v) is 2.95. The molecule has 0 bridgehead atoms. The predicted molar refractivity (Wildman–Crippen MR) is 83.4 cm³/mol. The summed E-state index contributed by atoms with van der Waals surface area (Å²) in [6.45, 7) is 10.6. The number of ether oxygens (including phenoxy) is 1. The van der Waals surface area contributed by atoms with E-state index in [1.165, 1.54) is 6.92 Å². The Morgan fingerprint density at radius 1 is 1.14 bits per heavy atom. The van der Waals surface area contributed by atoms with E-state index in [1.54, 1.807) is 12.1 Å². The molecule has 0 aliphatic heterocycles. The Hall–Kier alpha value is -2.43. The van der Waals surface area contributed by atoms with Crippen LogP contribution in [0, 0.1) is 0 Å². The highest BCUT2D eigenvalue weighted by atomic mass is 16.5. The van der Waals surface area contributed by atoms with Crippen molar-refractivity contribution in [3.63, 3.8) is 0 Å². The first-order chi connectivity index (χ1) is 10.1. The van der Waals surface area contributed by atoms with Crippen LogP contribution in [0.4, 0.5) is 0 Å². The Labute approximate surface area is 130 Å². The maximum Gasteiger partial charge on any atom is 0.333 e. The second-order valence-electron chi connectivity index (χ2n) is 6.06. The Kier molecular flexibility index (Phi) is 5.63. The zero-order valence-electron chi connectivity index (χ0n) is 13.4. The highest BCUT2D eigenvalue weighted by molar-refractivity contribution is 6.05. The molecule has 0 saturated carbocycles. The van der Waals surface area contributed by atoms with Crippen molar-refractivity contribution in [2.24, 2.45) is 0 Å². The SMILES string of the molecule is C=C(C)C(=O)OCC(=O)NC(=O)c1ccc(C(C)(C)C)cc1. The standard InChI is InChI=1S/C17H21NO4/c1-11(2)16(21)22-10-14(19)18-15(20)12-6-8-13(9-7-12)17(3,4)5/h6-9H,1,10H2,2-5H3,(H,18,19,20). The summed E-state index contributed by atoms with van der Waals surface area (Å²) < 4.78 is 4.66. The average molecular weight is 303 g/mol. The third-order valence-electron chi connectivity index (χ3n) is 2.95. The fraction of sp³-hybridized carbons (Fsp3) is 0.353. The minimum Gasteiger partial charge on any atom is -0.452 e. The molecule has 0 radical (unpaired) electrons. The van der Waals surface area contributed by atoms with Crippen LogP contribution in [0.5, 0.6) is 0 Å². The molecule has 0 atom stereocenters. The number of imide groups is 1. The van der Waals surface area contributed by atoms with Crippen LogP contribution in [0.15, 0.2) is 36.4 Å². The van der Waals surface area contributed by atoms with Gasteiger partial charge in [-0.25, -0.2) is 4.79 Å². The van der Waals surface area contributed by atoms with E-state index in [0.29, 0.717) is 5.56 Å². The molecule has 0 unspecified atom stereocenters. The molecule has 1 aromatic rings. The van der Waals surface area contributed by atoms with Gasteiger partial charge in [-0.1, -0.05) is 39.5 Å². The van der Waals surface area contributed by atoms with Crippen LogP contribution in [-0.2, 0) is 19.7 Å². The Balaban J connectivity index is 2.60. The first kappa shape index (κ1) is 17.6. The summed E-state index contributed by atoms with van der Waals surface area (Å²) in [5.74, 6) is -1.88. The lowest BCUT2D eigenvalue weighted by Gasteiger charge is -2.18. The molecule has 0 saturated heterocycles. The van der Waals surface area contributed by atoms with Crippen LogP contribution in [0.3, 0.4) is 0 Å². The minimum atomic E-state index is -0.681. The number of rotatable bonds is 4. The van der Waals surface area contributed by atoms with Gasteiger partial charge in [-0.05, 0) is 30.0 Å². The van der Waals surface area contributed by atoms with Gasteiger partial charge < -0.3 is 4.74 Å². The van der Waals surface area contributed by atoms with Gasteiger partial charge in [0.1, 0.15) is 0 Å².